The summed E-state index contributed by atoms with van der Waals surface area (Å²) in [6.07, 6.45) is 0.0568. The molecule has 1 N–H and O–H groups in total. The monoisotopic (exact) mass is 314 g/mol. The highest BCUT2D eigenvalue weighted by atomic mass is 79.9. The lowest BCUT2D eigenvalue weighted by atomic mass is 10.2. The van der Waals surface area contributed by atoms with Crippen LogP contribution in [0.1, 0.15) is 12.3 Å². The highest BCUT2D eigenvalue weighted by Crippen LogP contribution is 2.29. The van der Waals surface area contributed by atoms with Crippen molar-refractivity contribution in [1.29, 1.82) is 0 Å². The molecule has 0 spiro atoms. The summed E-state index contributed by atoms with van der Waals surface area (Å²) in [6, 6.07) is 4.45. The number of nitrogens with zero attached hydrogens (tertiary/aromatic N) is 2. The molecule has 0 bridgehead atoms. The third-order valence-corrected chi connectivity index (χ3v) is 3.01. The lowest BCUT2D eigenvalue weighted by Gasteiger charge is -1.99. The zero-order valence-corrected chi connectivity index (χ0v) is 10.6. The Morgan fingerprint density at radius 3 is 2.94 bits per heavy atom. The summed E-state index contributed by atoms with van der Waals surface area (Å²) >= 11 is 3.09. The molecule has 0 aliphatic heterocycles. The zero-order valence-electron chi connectivity index (χ0n) is 9.06. The van der Waals surface area contributed by atoms with Gasteiger partial charge in [0.05, 0.1) is 16.5 Å². The van der Waals surface area contributed by atoms with E-state index >= 15 is 0 Å². The molecule has 1 aromatic carbocycles. The molecule has 0 fully saturated rings. The Morgan fingerprint density at radius 1 is 1.44 bits per heavy atom. The van der Waals surface area contributed by atoms with E-state index in [1.807, 2.05) is 0 Å². The molecule has 7 heteroatoms. The maximum Gasteiger partial charge on any atom is 0.303 e. The summed E-state index contributed by atoms with van der Waals surface area (Å²) in [5.41, 5.74) is 0.434. The SMILES string of the molecule is O=C(O)CCc1nnc(-c2cccc(F)c2Br)o1. The van der Waals surface area contributed by atoms with Gasteiger partial charge < -0.3 is 9.52 Å². The maximum atomic E-state index is 13.3. The van der Waals surface area contributed by atoms with Gasteiger partial charge in [0.1, 0.15) is 5.82 Å². The molecule has 0 saturated carbocycles. The summed E-state index contributed by atoms with van der Waals surface area (Å²) in [6.45, 7) is 0. The molecule has 2 aromatic rings. The van der Waals surface area contributed by atoms with E-state index in [2.05, 4.69) is 26.1 Å². The second kappa shape index (κ2) is 5.26. The van der Waals surface area contributed by atoms with Crippen LogP contribution in [-0.4, -0.2) is 21.3 Å². The lowest BCUT2D eigenvalue weighted by Crippen LogP contribution is -1.97. The summed E-state index contributed by atoms with van der Waals surface area (Å²) in [7, 11) is 0. The molecule has 1 heterocycles. The Morgan fingerprint density at radius 2 is 2.22 bits per heavy atom. The number of carboxylic acid groups (broad SMARTS) is 1. The van der Waals surface area contributed by atoms with E-state index in [1.54, 1.807) is 6.07 Å². The smallest absolute Gasteiger partial charge is 0.303 e. The van der Waals surface area contributed by atoms with Gasteiger partial charge in [0.25, 0.3) is 0 Å². The first-order valence-corrected chi connectivity index (χ1v) is 5.86. The summed E-state index contributed by atoms with van der Waals surface area (Å²) in [5.74, 6) is -1.01. The minimum atomic E-state index is -0.943. The first-order chi connectivity index (χ1) is 8.58. The van der Waals surface area contributed by atoms with Crippen molar-refractivity contribution in [3.05, 3.63) is 34.4 Å². The third kappa shape index (κ3) is 2.73. The molecule has 0 saturated heterocycles. The van der Waals surface area contributed by atoms with Crippen molar-refractivity contribution in [3.8, 4) is 11.5 Å². The van der Waals surface area contributed by atoms with E-state index in [-0.39, 0.29) is 29.1 Å². The predicted octanol–water partition coefficient (Wildman–Crippen LogP) is 2.66. The van der Waals surface area contributed by atoms with Crippen LogP contribution in [0.3, 0.4) is 0 Å². The molecular weight excluding hydrogens is 307 g/mol. The Balaban J connectivity index is 2.24. The topological polar surface area (TPSA) is 76.2 Å². The first-order valence-electron chi connectivity index (χ1n) is 5.06. The quantitative estimate of drug-likeness (QED) is 0.938. The molecule has 0 aliphatic carbocycles. The van der Waals surface area contributed by atoms with Crippen LogP contribution < -0.4 is 0 Å². The van der Waals surface area contributed by atoms with Crippen LogP contribution in [0, 0.1) is 5.82 Å². The van der Waals surface area contributed by atoms with Crippen molar-refractivity contribution in [2.24, 2.45) is 0 Å². The number of rotatable bonds is 4. The van der Waals surface area contributed by atoms with E-state index in [1.165, 1.54) is 12.1 Å². The highest BCUT2D eigenvalue weighted by Gasteiger charge is 2.14. The minimum absolute atomic E-state index is 0.0913. The van der Waals surface area contributed by atoms with Crippen LogP contribution >= 0.6 is 15.9 Å². The second-order valence-electron chi connectivity index (χ2n) is 3.50. The Kier molecular flexibility index (Phi) is 3.71. The predicted molar refractivity (Wildman–Crippen MR) is 63.3 cm³/mol. The van der Waals surface area contributed by atoms with E-state index in [0.29, 0.717) is 5.56 Å². The molecule has 94 valence electrons. The summed E-state index contributed by atoms with van der Waals surface area (Å²) in [5, 5.41) is 16.0. The number of hydrogen-bond donors (Lipinski definition) is 1. The lowest BCUT2D eigenvalue weighted by molar-refractivity contribution is -0.137. The molecular formula is C11H8BrFN2O3. The fourth-order valence-corrected chi connectivity index (χ4v) is 1.78. The molecule has 0 amide bonds. The van der Waals surface area contributed by atoms with Crippen LogP contribution in [0.5, 0.6) is 0 Å². The van der Waals surface area contributed by atoms with Crippen LogP contribution in [0.15, 0.2) is 27.1 Å². The minimum Gasteiger partial charge on any atom is -0.481 e. The average molecular weight is 315 g/mol. The molecule has 1 aromatic heterocycles. The standard InChI is InChI=1S/C11H8BrFN2O3/c12-10-6(2-1-3-7(10)13)11-15-14-8(18-11)4-5-9(16)17/h1-3H,4-5H2,(H,16,17). The zero-order chi connectivity index (χ0) is 13.1. The van der Waals surface area contributed by atoms with Crippen LogP contribution in [0.25, 0.3) is 11.5 Å². The molecule has 0 atom stereocenters. The van der Waals surface area contributed by atoms with E-state index in [4.69, 9.17) is 9.52 Å². The number of carbonyl (C=O) groups is 1. The maximum absolute atomic E-state index is 13.3. The van der Waals surface area contributed by atoms with E-state index in [9.17, 15) is 9.18 Å². The van der Waals surface area contributed by atoms with Gasteiger partial charge in [-0.05, 0) is 28.1 Å². The number of halogens is 2. The number of aliphatic carboxylic acids is 1. The molecule has 0 aliphatic rings. The van der Waals surface area contributed by atoms with Crippen molar-refractivity contribution in [2.75, 3.05) is 0 Å². The summed E-state index contributed by atoms with van der Waals surface area (Å²) < 4.78 is 18.8. The van der Waals surface area contributed by atoms with Crippen molar-refractivity contribution >= 4 is 21.9 Å². The van der Waals surface area contributed by atoms with Crippen molar-refractivity contribution in [1.82, 2.24) is 10.2 Å². The molecule has 5 nitrogen and oxygen atoms in total. The Labute approximate surface area is 110 Å². The van der Waals surface area contributed by atoms with Crippen LogP contribution in [-0.2, 0) is 11.2 Å². The second-order valence-corrected chi connectivity index (χ2v) is 4.29. The Bertz CT molecular complexity index is 585. The third-order valence-electron chi connectivity index (χ3n) is 2.20. The van der Waals surface area contributed by atoms with Crippen molar-refractivity contribution in [2.45, 2.75) is 12.8 Å². The van der Waals surface area contributed by atoms with Crippen LogP contribution in [0.2, 0.25) is 0 Å². The molecule has 0 radical (unpaired) electrons. The van der Waals surface area contributed by atoms with Gasteiger partial charge in [0.2, 0.25) is 11.8 Å². The molecule has 0 unspecified atom stereocenters. The highest BCUT2D eigenvalue weighted by molar-refractivity contribution is 9.10. The van der Waals surface area contributed by atoms with Crippen LogP contribution in [0.4, 0.5) is 4.39 Å². The average Bonchev–Trinajstić information content (AvgIpc) is 2.78. The molecule has 18 heavy (non-hydrogen) atoms. The Hall–Kier alpha value is -1.76. The number of aromatic nitrogens is 2. The van der Waals surface area contributed by atoms with Gasteiger partial charge in [-0.25, -0.2) is 4.39 Å². The first kappa shape index (κ1) is 12.7. The summed E-state index contributed by atoms with van der Waals surface area (Å²) in [4.78, 5) is 10.4. The number of carboxylic acids is 1. The van der Waals surface area contributed by atoms with Gasteiger partial charge in [0.15, 0.2) is 0 Å². The number of hydrogen-bond acceptors (Lipinski definition) is 4. The van der Waals surface area contributed by atoms with Gasteiger partial charge >= 0.3 is 5.97 Å². The van der Waals surface area contributed by atoms with E-state index in [0.717, 1.165) is 0 Å². The normalized spacial score (nSPS) is 10.6. The van der Waals surface area contributed by atoms with Gasteiger partial charge in [0, 0.05) is 6.42 Å². The van der Waals surface area contributed by atoms with E-state index < -0.39 is 11.8 Å². The van der Waals surface area contributed by atoms with Crippen molar-refractivity contribution < 1.29 is 18.7 Å². The van der Waals surface area contributed by atoms with Gasteiger partial charge in [-0.15, -0.1) is 10.2 Å². The fourth-order valence-electron chi connectivity index (χ4n) is 1.35. The van der Waals surface area contributed by atoms with Gasteiger partial charge in [-0.3, -0.25) is 4.79 Å². The fraction of sp³-hybridized carbons (Fsp3) is 0.182. The van der Waals surface area contributed by atoms with Gasteiger partial charge in [-0.2, -0.15) is 0 Å². The number of benzene rings is 1. The van der Waals surface area contributed by atoms with Crippen molar-refractivity contribution in [3.63, 3.8) is 0 Å². The number of aryl methyl sites for hydroxylation is 1. The van der Waals surface area contributed by atoms with Gasteiger partial charge in [-0.1, -0.05) is 6.07 Å². The largest absolute Gasteiger partial charge is 0.481 e. The molecule has 2 rings (SSSR count).